The van der Waals surface area contributed by atoms with Crippen LogP contribution in [0, 0.1) is 0 Å². The molecule has 2 heterocycles. The fourth-order valence-electron chi connectivity index (χ4n) is 3.50. The maximum absolute atomic E-state index is 12.4. The molecule has 0 aromatic rings. The molecule has 2 aliphatic rings. The lowest BCUT2D eigenvalue weighted by Crippen LogP contribution is -2.47. The first-order chi connectivity index (χ1) is 12.7. The fourth-order valence-corrected chi connectivity index (χ4v) is 3.50. The van der Waals surface area contributed by atoms with Gasteiger partial charge in [0.2, 0.25) is 5.91 Å². The summed E-state index contributed by atoms with van der Waals surface area (Å²) in [6.45, 7) is 8.23. The fraction of sp³-hybridized carbons (Fsp3) is 0.895. The van der Waals surface area contributed by atoms with Crippen molar-refractivity contribution in [3.8, 4) is 0 Å². The second kappa shape index (κ2) is 14.4. The molecule has 8 heteroatoms. The van der Waals surface area contributed by atoms with Crippen LogP contribution in [0.15, 0.2) is 4.99 Å². The van der Waals surface area contributed by atoms with Gasteiger partial charge in [-0.05, 0) is 45.4 Å². The summed E-state index contributed by atoms with van der Waals surface area (Å²) in [4.78, 5) is 21.2. The molecule has 2 rings (SSSR count). The number of hydrogen-bond acceptors (Lipinski definition) is 4. The van der Waals surface area contributed by atoms with Gasteiger partial charge < -0.3 is 24.6 Å². The van der Waals surface area contributed by atoms with Crippen LogP contribution >= 0.6 is 24.0 Å². The van der Waals surface area contributed by atoms with Crippen molar-refractivity contribution in [1.82, 2.24) is 15.1 Å². The Balaban J connectivity index is 0.00000364. The average Bonchev–Trinajstić information content (AvgIpc) is 2.69. The predicted molar refractivity (Wildman–Crippen MR) is 119 cm³/mol. The number of carbonyl (C=O) groups excluding carboxylic acids is 1. The van der Waals surface area contributed by atoms with Crippen LogP contribution in [-0.4, -0.2) is 87.4 Å². The van der Waals surface area contributed by atoms with Gasteiger partial charge in [0.05, 0.1) is 6.10 Å². The Kier molecular flexibility index (Phi) is 13.0. The Bertz CT molecular complexity index is 437. The minimum atomic E-state index is 0. The number of carbonyl (C=O) groups is 1. The molecule has 0 unspecified atom stereocenters. The Morgan fingerprint density at radius 3 is 2.41 bits per heavy atom. The quantitative estimate of drug-likeness (QED) is 0.241. The van der Waals surface area contributed by atoms with Gasteiger partial charge in [0.25, 0.3) is 0 Å². The van der Waals surface area contributed by atoms with Gasteiger partial charge in [0.15, 0.2) is 5.96 Å². The number of nitrogens with one attached hydrogen (secondary N) is 1. The number of amides is 1. The van der Waals surface area contributed by atoms with E-state index in [1.54, 1.807) is 7.11 Å². The number of methoxy groups -OCH3 is 1. The van der Waals surface area contributed by atoms with Gasteiger partial charge in [-0.2, -0.15) is 0 Å². The summed E-state index contributed by atoms with van der Waals surface area (Å²) in [5, 5.41) is 3.33. The zero-order chi connectivity index (χ0) is 18.6. The number of rotatable bonds is 8. The van der Waals surface area contributed by atoms with Crippen molar-refractivity contribution in [2.45, 2.75) is 51.6 Å². The summed E-state index contributed by atoms with van der Waals surface area (Å²) in [5.74, 6) is 1.01. The molecule has 7 nitrogen and oxygen atoms in total. The van der Waals surface area contributed by atoms with Crippen LogP contribution in [0.1, 0.15) is 45.4 Å². The minimum absolute atomic E-state index is 0. The number of aliphatic imine (C=N–C) groups is 1. The second-order valence-corrected chi connectivity index (χ2v) is 7.02. The van der Waals surface area contributed by atoms with E-state index in [4.69, 9.17) is 9.47 Å². The van der Waals surface area contributed by atoms with Crippen molar-refractivity contribution in [2.24, 2.45) is 4.99 Å². The highest BCUT2D eigenvalue weighted by molar-refractivity contribution is 14.0. The normalized spacial score (nSPS) is 19.0. The van der Waals surface area contributed by atoms with Crippen LogP contribution in [0.2, 0.25) is 0 Å². The molecule has 1 amide bonds. The first-order valence-corrected chi connectivity index (χ1v) is 10.2. The van der Waals surface area contributed by atoms with Crippen LogP contribution in [-0.2, 0) is 14.3 Å². The number of likely N-dealkylation sites (tertiary alicyclic amines) is 2. The molecular formula is C19H37IN4O3. The first-order valence-electron chi connectivity index (χ1n) is 10.2. The average molecular weight is 496 g/mol. The molecule has 158 valence electrons. The maximum atomic E-state index is 12.4. The van der Waals surface area contributed by atoms with E-state index >= 15 is 0 Å². The monoisotopic (exact) mass is 496 g/mol. The van der Waals surface area contributed by atoms with Crippen molar-refractivity contribution >= 4 is 35.8 Å². The van der Waals surface area contributed by atoms with Crippen molar-refractivity contribution in [3.05, 3.63) is 0 Å². The molecule has 0 spiro atoms. The van der Waals surface area contributed by atoms with Crippen molar-refractivity contribution < 1.29 is 14.3 Å². The first kappa shape index (κ1) is 24.4. The molecule has 1 N–H and O–H groups in total. The van der Waals surface area contributed by atoms with Gasteiger partial charge in [0, 0.05) is 53.0 Å². The third-order valence-corrected chi connectivity index (χ3v) is 5.00. The highest BCUT2D eigenvalue weighted by atomic mass is 127. The van der Waals surface area contributed by atoms with E-state index in [2.05, 4.69) is 22.1 Å². The largest absolute Gasteiger partial charge is 0.385 e. The summed E-state index contributed by atoms with van der Waals surface area (Å²) in [6.07, 6.45) is 6.73. The Labute approximate surface area is 181 Å². The van der Waals surface area contributed by atoms with Crippen LogP contribution in [0.3, 0.4) is 0 Å². The van der Waals surface area contributed by atoms with Gasteiger partial charge in [0.1, 0.15) is 6.54 Å². The lowest BCUT2D eigenvalue weighted by molar-refractivity contribution is -0.130. The van der Waals surface area contributed by atoms with Crippen LogP contribution < -0.4 is 5.32 Å². The van der Waals surface area contributed by atoms with Crippen molar-refractivity contribution in [2.75, 3.05) is 59.6 Å². The molecule has 27 heavy (non-hydrogen) atoms. The Hall–Kier alpha value is -0.610. The van der Waals surface area contributed by atoms with Crippen LogP contribution in [0.5, 0.6) is 0 Å². The van der Waals surface area contributed by atoms with E-state index in [-0.39, 0.29) is 36.4 Å². The van der Waals surface area contributed by atoms with Gasteiger partial charge in [-0.15, -0.1) is 24.0 Å². The van der Waals surface area contributed by atoms with E-state index in [9.17, 15) is 4.79 Å². The topological polar surface area (TPSA) is 66.4 Å². The number of nitrogens with zero attached hydrogens (tertiary/aromatic N) is 3. The summed E-state index contributed by atoms with van der Waals surface area (Å²) >= 11 is 0. The lowest BCUT2D eigenvalue weighted by Gasteiger charge is -2.34. The molecule has 0 radical (unpaired) electrons. The Morgan fingerprint density at radius 2 is 1.78 bits per heavy atom. The lowest BCUT2D eigenvalue weighted by atomic mass is 10.1. The summed E-state index contributed by atoms with van der Waals surface area (Å²) in [7, 11) is 1.72. The van der Waals surface area contributed by atoms with E-state index in [1.165, 1.54) is 6.42 Å². The second-order valence-electron chi connectivity index (χ2n) is 7.02. The number of halogens is 1. The SMILES string of the molecule is CCNC(=NCC(=O)N1CCCCC1)N1CCC(OCCCOC)CC1.I. The number of guanidine groups is 1. The number of hydrogen-bond donors (Lipinski definition) is 1. The van der Waals surface area contributed by atoms with Gasteiger partial charge in [-0.3, -0.25) is 4.79 Å². The molecule has 0 aromatic heterocycles. The van der Waals surface area contributed by atoms with E-state index in [0.29, 0.717) is 6.10 Å². The minimum Gasteiger partial charge on any atom is -0.385 e. The smallest absolute Gasteiger partial charge is 0.244 e. The molecule has 2 fully saturated rings. The zero-order valence-corrected chi connectivity index (χ0v) is 19.3. The summed E-state index contributed by atoms with van der Waals surface area (Å²) in [5.41, 5.74) is 0. The molecule has 0 saturated carbocycles. The summed E-state index contributed by atoms with van der Waals surface area (Å²) in [6, 6.07) is 0. The van der Waals surface area contributed by atoms with Crippen LogP contribution in [0.4, 0.5) is 0 Å². The third-order valence-electron chi connectivity index (χ3n) is 5.00. The maximum Gasteiger partial charge on any atom is 0.244 e. The van der Waals surface area contributed by atoms with Gasteiger partial charge >= 0.3 is 0 Å². The molecule has 0 bridgehead atoms. The zero-order valence-electron chi connectivity index (χ0n) is 17.0. The molecule has 2 saturated heterocycles. The van der Waals surface area contributed by atoms with Crippen LogP contribution in [0.25, 0.3) is 0 Å². The predicted octanol–water partition coefficient (Wildman–Crippen LogP) is 2.10. The van der Waals surface area contributed by atoms with Gasteiger partial charge in [-0.1, -0.05) is 0 Å². The third kappa shape index (κ3) is 8.95. The number of ether oxygens (including phenoxy) is 2. The molecule has 0 aromatic carbocycles. The molecule has 2 aliphatic heterocycles. The standard InChI is InChI=1S/C19H36N4O3.HI/c1-3-20-19(21-16-18(24)22-10-5-4-6-11-22)23-12-8-17(9-13-23)26-15-7-14-25-2;/h17H,3-16H2,1-2H3,(H,20,21);1H. The van der Waals surface area contributed by atoms with Crippen molar-refractivity contribution in [3.63, 3.8) is 0 Å². The van der Waals surface area contributed by atoms with Crippen molar-refractivity contribution in [1.29, 1.82) is 0 Å². The highest BCUT2D eigenvalue weighted by Crippen LogP contribution is 2.14. The van der Waals surface area contributed by atoms with Gasteiger partial charge in [-0.25, -0.2) is 4.99 Å². The molecule has 0 aliphatic carbocycles. The molecule has 0 atom stereocenters. The van der Waals surface area contributed by atoms with E-state index in [0.717, 1.165) is 84.0 Å². The van der Waals surface area contributed by atoms with E-state index < -0.39 is 0 Å². The Morgan fingerprint density at radius 1 is 1.07 bits per heavy atom. The molecular weight excluding hydrogens is 459 g/mol. The number of piperidine rings is 2. The summed E-state index contributed by atoms with van der Waals surface area (Å²) < 4.78 is 11.0. The van der Waals surface area contributed by atoms with E-state index in [1.807, 2.05) is 4.90 Å². The highest BCUT2D eigenvalue weighted by Gasteiger charge is 2.22.